The fourth-order valence-corrected chi connectivity index (χ4v) is 5.28. The summed E-state index contributed by atoms with van der Waals surface area (Å²) in [5.41, 5.74) is 2.35. The molecule has 0 saturated carbocycles. The third-order valence-electron chi connectivity index (χ3n) is 6.51. The van der Waals surface area contributed by atoms with E-state index >= 15 is 0 Å². The van der Waals surface area contributed by atoms with Crippen LogP contribution in [0.3, 0.4) is 0 Å². The van der Waals surface area contributed by atoms with Crippen molar-refractivity contribution < 1.29 is 33.7 Å². The number of aliphatic hydroxyl groups excluding tert-OH is 1. The van der Waals surface area contributed by atoms with E-state index in [1.165, 1.54) is 32.3 Å². The molecule has 1 aliphatic rings. The third-order valence-corrected chi connectivity index (χ3v) is 7.14. The molecule has 0 aliphatic carbocycles. The average Bonchev–Trinajstić information content (AvgIpc) is 3.18. The van der Waals surface area contributed by atoms with Crippen molar-refractivity contribution in [1.29, 1.82) is 0 Å². The minimum atomic E-state index is -0.984. The summed E-state index contributed by atoms with van der Waals surface area (Å²) in [5.74, 6) is -2.49. The number of hydrogen-bond acceptors (Lipinski definition) is 7. The number of benzene rings is 3. The Hall–Kier alpha value is -4.01. The van der Waals surface area contributed by atoms with Crippen molar-refractivity contribution in [2.75, 3.05) is 26.2 Å². The number of rotatable bonds is 7. The number of esters is 1. The van der Waals surface area contributed by atoms with Crippen LogP contribution in [-0.2, 0) is 25.5 Å². The molecule has 39 heavy (non-hydrogen) atoms. The average molecular weight is 570 g/mol. The maximum absolute atomic E-state index is 13.5. The normalized spacial score (nSPS) is 16.4. The van der Waals surface area contributed by atoms with E-state index < -0.39 is 29.5 Å². The molecular formula is C29H25Cl2NO7. The molecule has 1 atom stereocenters. The van der Waals surface area contributed by atoms with Gasteiger partial charge in [-0.3, -0.25) is 19.3 Å². The summed E-state index contributed by atoms with van der Waals surface area (Å²) in [5, 5.41) is 11.7. The molecule has 1 aliphatic heterocycles. The number of aliphatic hydroxyl groups is 1. The predicted molar refractivity (Wildman–Crippen MR) is 148 cm³/mol. The van der Waals surface area contributed by atoms with E-state index in [1.54, 1.807) is 36.4 Å². The lowest BCUT2D eigenvalue weighted by atomic mass is 9.92. The summed E-state index contributed by atoms with van der Waals surface area (Å²) in [6.07, 6.45) is 0.0512. The number of carbonyl (C=O) groups is 3. The van der Waals surface area contributed by atoms with Crippen LogP contribution < -0.4 is 14.4 Å². The van der Waals surface area contributed by atoms with Gasteiger partial charge in [0, 0.05) is 5.69 Å². The first kappa shape index (κ1) is 28.0. The van der Waals surface area contributed by atoms with Crippen LogP contribution in [0.15, 0.2) is 60.2 Å². The molecule has 1 fully saturated rings. The van der Waals surface area contributed by atoms with Crippen LogP contribution in [0, 0.1) is 6.92 Å². The number of ketones is 1. The Bertz CT molecular complexity index is 1500. The lowest BCUT2D eigenvalue weighted by molar-refractivity contribution is -0.139. The van der Waals surface area contributed by atoms with Crippen molar-refractivity contribution in [2.45, 2.75) is 19.4 Å². The van der Waals surface area contributed by atoms with Crippen LogP contribution in [0.25, 0.3) is 5.76 Å². The molecule has 0 radical (unpaired) electrons. The van der Waals surface area contributed by atoms with E-state index in [0.29, 0.717) is 16.8 Å². The van der Waals surface area contributed by atoms with E-state index in [1.807, 2.05) is 19.1 Å². The molecule has 3 aromatic carbocycles. The van der Waals surface area contributed by atoms with Crippen molar-refractivity contribution in [3.63, 3.8) is 0 Å². The molecule has 0 spiro atoms. The van der Waals surface area contributed by atoms with Crippen molar-refractivity contribution in [3.05, 3.63) is 92.5 Å². The van der Waals surface area contributed by atoms with E-state index in [9.17, 15) is 19.5 Å². The second-order valence-corrected chi connectivity index (χ2v) is 9.52. The van der Waals surface area contributed by atoms with Crippen molar-refractivity contribution in [1.82, 2.24) is 0 Å². The largest absolute Gasteiger partial charge is 0.507 e. The van der Waals surface area contributed by atoms with Gasteiger partial charge in [-0.25, -0.2) is 0 Å². The maximum atomic E-state index is 13.5. The highest BCUT2D eigenvalue weighted by Gasteiger charge is 2.47. The maximum Gasteiger partial charge on any atom is 0.309 e. The van der Waals surface area contributed by atoms with E-state index in [4.69, 9.17) is 37.4 Å². The third kappa shape index (κ3) is 5.05. The molecule has 1 amide bonds. The second-order valence-electron chi connectivity index (χ2n) is 8.73. The van der Waals surface area contributed by atoms with Gasteiger partial charge in [0.15, 0.2) is 11.5 Å². The molecule has 1 saturated heterocycles. The van der Waals surface area contributed by atoms with Gasteiger partial charge in [0.1, 0.15) is 10.8 Å². The SMILES string of the molecule is COC(=O)Cc1ccc(N2C(=O)C(=O)/C(=C(/O)c3cc(Cl)c(OC)c(Cl)c3OC)C2c2ccccc2C)cc1. The summed E-state index contributed by atoms with van der Waals surface area (Å²) in [6.45, 7) is 1.84. The zero-order valence-electron chi connectivity index (χ0n) is 21.6. The number of Topliss-reactive ketones (excluding diaryl/α,β-unsaturated/α-hetero) is 1. The molecule has 1 N–H and O–H groups in total. The minimum absolute atomic E-state index is 0.00286. The zero-order valence-corrected chi connectivity index (χ0v) is 23.1. The Morgan fingerprint density at radius 2 is 1.62 bits per heavy atom. The Kier molecular flexibility index (Phi) is 8.18. The summed E-state index contributed by atoms with van der Waals surface area (Å²) >= 11 is 12.8. The van der Waals surface area contributed by atoms with Gasteiger partial charge < -0.3 is 19.3 Å². The monoisotopic (exact) mass is 569 g/mol. The minimum Gasteiger partial charge on any atom is -0.507 e. The first-order valence-electron chi connectivity index (χ1n) is 11.8. The topological polar surface area (TPSA) is 102 Å². The molecule has 1 heterocycles. The van der Waals surface area contributed by atoms with Crippen LogP contribution in [0.1, 0.15) is 28.3 Å². The lowest BCUT2D eigenvalue weighted by Crippen LogP contribution is -2.29. The highest BCUT2D eigenvalue weighted by atomic mass is 35.5. The predicted octanol–water partition coefficient (Wildman–Crippen LogP) is 5.66. The van der Waals surface area contributed by atoms with Crippen molar-refractivity contribution in [3.8, 4) is 11.5 Å². The lowest BCUT2D eigenvalue weighted by Gasteiger charge is -2.27. The first-order valence-corrected chi connectivity index (χ1v) is 12.5. The van der Waals surface area contributed by atoms with E-state index in [0.717, 1.165) is 5.56 Å². The number of nitrogens with zero attached hydrogens (tertiary/aromatic N) is 1. The van der Waals surface area contributed by atoms with Crippen LogP contribution in [0.5, 0.6) is 11.5 Å². The molecule has 10 heteroatoms. The summed E-state index contributed by atoms with van der Waals surface area (Å²) in [7, 11) is 4.03. The number of carbonyl (C=O) groups excluding carboxylic acids is 3. The van der Waals surface area contributed by atoms with Gasteiger partial charge in [-0.1, -0.05) is 59.6 Å². The fourth-order valence-electron chi connectivity index (χ4n) is 4.59. The smallest absolute Gasteiger partial charge is 0.309 e. The van der Waals surface area contributed by atoms with Crippen LogP contribution in [-0.4, -0.2) is 44.1 Å². The number of amides is 1. The second kappa shape index (κ2) is 11.4. The van der Waals surface area contributed by atoms with Gasteiger partial charge in [0.25, 0.3) is 11.7 Å². The van der Waals surface area contributed by atoms with Gasteiger partial charge in [0.2, 0.25) is 0 Å². The summed E-state index contributed by atoms with van der Waals surface area (Å²) < 4.78 is 15.4. The number of anilines is 1. The van der Waals surface area contributed by atoms with Gasteiger partial charge >= 0.3 is 5.97 Å². The Morgan fingerprint density at radius 1 is 0.974 bits per heavy atom. The molecule has 0 bridgehead atoms. The number of methoxy groups -OCH3 is 3. The van der Waals surface area contributed by atoms with Gasteiger partial charge in [-0.05, 0) is 41.8 Å². The van der Waals surface area contributed by atoms with E-state index in [-0.39, 0.29) is 39.1 Å². The molecule has 202 valence electrons. The van der Waals surface area contributed by atoms with Gasteiger partial charge in [-0.15, -0.1) is 0 Å². The highest BCUT2D eigenvalue weighted by molar-refractivity contribution is 6.52. The quantitative estimate of drug-likeness (QED) is 0.169. The molecule has 3 aromatic rings. The fraction of sp³-hybridized carbons (Fsp3) is 0.207. The summed E-state index contributed by atoms with van der Waals surface area (Å²) in [4.78, 5) is 40.0. The van der Waals surface area contributed by atoms with Crippen molar-refractivity contribution >= 4 is 52.3 Å². The highest BCUT2D eigenvalue weighted by Crippen LogP contribution is 2.48. The summed E-state index contributed by atoms with van der Waals surface area (Å²) in [6, 6.07) is 14.2. The Balaban J connectivity index is 1.95. The van der Waals surface area contributed by atoms with E-state index in [2.05, 4.69) is 0 Å². The van der Waals surface area contributed by atoms with Gasteiger partial charge in [-0.2, -0.15) is 0 Å². The number of hydrogen-bond donors (Lipinski definition) is 1. The Morgan fingerprint density at radius 3 is 2.21 bits per heavy atom. The van der Waals surface area contributed by atoms with Crippen LogP contribution >= 0.6 is 23.2 Å². The molecule has 1 unspecified atom stereocenters. The molecule has 4 rings (SSSR count). The molecule has 8 nitrogen and oxygen atoms in total. The number of ether oxygens (including phenoxy) is 3. The number of aryl methyl sites for hydroxylation is 1. The molecule has 0 aromatic heterocycles. The van der Waals surface area contributed by atoms with Crippen molar-refractivity contribution in [2.24, 2.45) is 0 Å². The first-order chi connectivity index (χ1) is 18.6. The van der Waals surface area contributed by atoms with Crippen LogP contribution in [0.2, 0.25) is 10.0 Å². The Labute approximate surface area is 235 Å². The van der Waals surface area contributed by atoms with Gasteiger partial charge in [0.05, 0.1) is 50.0 Å². The molecular weight excluding hydrogens is 545 g/mol. The zero-order chi connectivity index (χ0) is 28.4. The number of halogens is 2. The standard InChI is InChI=1S/C29H25Cl2NO7/c1-15-7-5-6-8-18(15)24-22(25(34)19-14-20(30)28(39-4)23(31)27(19)38-3)26(35)29(36)32(24)17-11-9-16(10-12-17)13-21(33)37-2/h5-12,14,24,34H,13H2,1-4H3/b25-22+. The van der Waals surface area contributed by atoms with Crippen LogP contribution in [0.4, 0.5) is 5.69 Å².